The second-order valence-electron chi connectivity index (χ2n) is 8.91. The van der Waals surface area contributed by atoms with Crippen molar-refractivity contribution in [3.8, 4) is 0 Å². The van der Waals surface area contributed by atoms with Gasteiger partial charge in [0.15, 0.2) is 0 Å². The third kappa shape index (κ3) is 6.02. The van der Waals surface area contributed by atoms with Crippen LogP contribution in [0.2, 0.25) is 0 Å². The van der Waals surface area contributed by atoms with Crippen LogP contribution in [-0.4, -0.2) is 60.7 Å². The molecule has 1 saturated heterocycles. The van der Waals surface area contributed by atoms with Gasteiger partial charge < -0.3 is 33.9 Å². The van der Waals surface area contributed by atoms with Crippen molar-refractivity contribution < 1.29 is 33.9 Å². The van der Waals surface area contributed by atoms with Crippen LogP contribution in [0.1, 0.15) is 16.7 Å². The molecule has 1 fully saturated rings. The fourth-order valence-corrected chi connectivity index (χ4v) is 4.45. The SMILES string of the molecule is CO[C@]1(COCc2ccccc2)OC(CO)(CO)[C@@H](OCc2ccccc2)[C@H]1OCc1ccccc1. The molecule has 0 spiro atoms. The van der Waals surface area contributed by atoms with E-state index >= 15 is 0 Å². The van der Waals surface area contributed by atoms with Crippen LogP contribution < -0.4 is 0 Å². The van der Waals surface area contributed by atoms with Gasteiger partial charge in [-0.1, -0.05) is 91.0 Å². The van der Waals surface area contributed by atoms with Gasteiger partial charge in [-0.05, 0) is 16.7 Å². The maximum absolute atomic E-state index is 10.4. The largest absolute Gasteiger partial charge is 0.393 e. The second-order valence-corrected chi connectivity index (χ2v) is 8.91. The number of aliphatic hydroxyl groups is 2. The fourth-order valence-electron chi connectivity index (χ4n) is 4.45. The van der Waals surface area contributed by atoms with Crippen molar-refractivity contribution in [1.29, 1.82) is 0 Å². The quantitative estimate of drug-likeness (QED) is 0.376. The molecule has 1 heterocycles. The van der Waals surface area contributed by atoms with Gasteiger partial charge >= 0.3 is 0 Å². The second kappa shape index (κ2) is 12.6. The molecule has 1 aliphatic heterocycles. The van der Waals surface area contributed by atoms with Crippen molar-refractivity contribution >= 4 is 0 Å². The van der Waals surface area contributed by atoms with Gasteiger partial charge in [0.1, 0.15) is 24.4 Å². The summed E-state index contributed by atoms with van der Waals surface area (Å²) in [4.78, 5) is 0. The number of aliphatic hydroxyl groups excluding tert-OH is 2. The maximum Gasteiger partial charge on any atom is 0.222 e. The van der Waals surface area contributed by atoms with E-state index in [-0.39, 0.29) is 19.8 Å². The molecule has 0 saturated carbocycles. The minimum atomic E-state index is -1.46. The summed E-state index contributed by atoms with van der Waals surface area (Å²) < 4.78 is 30.9. The van der Waals surface area contributed by atoms with Crippen LogP contribution in [0, 0.1) is 0 Å². The summed E-state index contributed by atoms with van der Waals surface area (Å²) >= 11 is 0. The third-order valence-electron chi connectivity index (χ3n) is 6.44. The highest BCUT2D eigenvalue weighted by Gasteiger charge is 2.65. The minimum absolute atomic E-state index is 0.00476. The average Bonchev–Trinajstić information content (AvgIpc) is 3.21. The molecule has 2 N–H and O–H groups in total. The summed E-state index contributed by atoms with van der Waals surface area (Å²) in [5.41, 5.74) is 1.44. The van der Waals surface area contributed by atoms with Crippen LogP contribution in [0.3, 0.4) is 0 Å². The molecule has 4 rings (SSSR count). The molecule has 7 nitrogen and oxygen atoms in total. The summed E-state index contributed by atoms with van der Waals surface area (Å²) in [6, 6.07) is 29.2. The molecular formula is C29H34O7. The molecular weight excluding hydrogens is 460 g/mol. The molecule has 0 amide bonds. The van der Waals surface area contributed by atoms with E-state index in [1.54, 1.807) is 0 Å². The van der Waals surface area contributed by atoms with Gasteiger partial charge in [-0.25, -0.2) is 0 Å². The highest BCUT2D eigenvalue weighted by atomic mass is 16.8. The van der Waals surface area contributed by atoms with Crippen molar-refractivity contribution in [1.82, 2.24) is 0 Å². The van der Waals surface area contributed by atoms with Gasteiger partial charge in [0, 0.05) is 7.11 Å². The van der Waals surface area contributed by atoms with E-state index in [1.807, 2.05) is 91.0 Å². The Balaban J connectivity index is 1.60. The van der Waals surface area contributed by atoms with Crippen LogP contribution in [0.4, 0.5) is 0 Å². The molecule has 7 heteroatoms. The van der Waals surface area contributed by atoms with E-state index < -0.39 is 36.8 Å². The maximum atomic E-state index is 10.4. The van der Waals surface area contributed by atoms with Gasteiger partial charge in [-0.15, -0.1) is 0 Å². The van der Waals surface area contributed by atoms with Crippen LogP contribution in [0.25, 0.3) is 0 Å². The Morgan fingerprint density at radius 2 is 1.11 bits per heavy atom. The van der Waals surface area contributed by atoms with E-state index in [4.69, 9.17) is 23.7 Å². The first-order valence-electron chi connectivity index (χ1n) is 12.0. The average molecular weight is 495 g/mol. The zero-order valence-corrected chi connectivity index (χ0v) is 20.5. The van der Waals surface area contributed by atoms with Crippen LogP contribution in [-0.2, 0) is 43.5 Å². The summed E-state index contributed by atoms with van der Waals surface area (Å²) in [7, 11) is 1.50. The summed E-state index contributed by atoms with van der Waals surface area (Å²) in [5, 5.41) is 20.8. The number of hydrogen-bond acceptors (Lipinski definition) is 7. The number of ether oxygens (including phenoxy) is 5. The van der Waals surface area contributed by atoms with E-state index in [1.165, 1.54) is 7.11 Å². The van der Waals surface area contributed by atoms with Crippen LogP contribution in [0.15, 0.2) is 91.0 Å². The van der Waals surface area contributed by atoms with Gasteiger partial charge in [-0.3, -0.25) is 0 Å². The Morgan fingerprint density at radius 1 is 0.667 bits per heavy atom. The highest BCUT2D eigenvalue weighted by molar-refractivity contribution is 5.17. The normalized spacial score (nSPS) is 23.1. The van der Waals surface area contributed by atoms with Crippen molar-refractivity contribution in [2.75, 3.05) is 26.9 Å². The molecule has 1 aliphatic rings. The monoisotopic (exact) mass is 494 g/mol. The third-order valence-corrected chi connectivity index (χ3v) is 6.44. The molecule has 3 aromatic rings. The molecule has 0 radical (unpaired) electrons. The molecule has 0 aliphatic carbocycles. The summed E-state index contributed by atoms with van der Waals surface area (Å²) in [6.07, 6.45) is -1.64. The lowest BCUT2D eigenvalue weighted by atomic mass is 9.94. The van der Waals surface area contributed by atoms with E-state index in [0.717, 1.165) is 16.7 Å². The smallest absolute Gasteiger partial charge is 0.222 e. The van der Waals surface area contributed by atoms with Gasteiger partial charge in [-0.2, -0.15) is 0 Å². The first-order valence-corrected chi connectivity index (χ1v) is 12.0. The molecule has 0 unspecified atom stereocenters. The van der Waals surface area contributed by atoms with Crippen LogP contribution in [0.5, 0.6) is 0 Å². The number of benzene rings is 3. The fraction of sp³-hybridized carbons (Fsp3) is 0.379. The Bertz CT molecular complexity index is 1030. The minimum Gasteiger partial charge on any atom is -0.393 e. The number of rotatable bonds is 13. The zero-order valence-electron chi connectivity index (χ0n) is 20.5. The first kappa shape index (κ1) is 26.4. The Labute approximate surface area is 212 Å². The molecule has 3 aromatic carbocycles. The first-order chi connectivity index (χ1) is 17.6. The lowest BCUT2D eigenvalue weighted by Gasteiger charge is -2.33. The Morgan fingerprint density at radius 3 is 1.56 bits per heavy atom. The highest BCUT2D eigenvalue weighted by Crippen LogP contribution is 2.43. The number of methoxy groups -OCH3 is 1. The Kier molecular flexibility index (Phi) is 9.23. The summed E-state index contributed by atoms with van der Waals surface area (Å²) in [5.74, 6) is -1.42. The topological polar surface area (TPSA) is 86.6 Å². The molecule has 3 atom stereocenters. The van der Waals surface area contributed by atoms with Gasteiger partial charge in [0.2, 0.25) is 5.79 Å². The molecule has 0 aromatic heterocycles. The molecule has 36 heavy (non-hydrogen) atoms. The summed E-state index contributed by atoms with van der Waals surface area (Å²) in [6.45, 7) is -0.133. The van der Waals surface area contributed by atoms with Crippen molar-refractivity contribution in [3.63, 3.8) is 0 Å². The number of hydrogen-bond donors (Lipinski definition) is 2. The van der Waals surface area contributed by atoms with Crippen molar-refractivity contribution in [2.24, 2.45) is 0 Å². The molecule has 192 valence electrons. The molecule has 0 bridgehead atoms. The van der Waals surface area contributed by atoms with Crippen molar-refractivity contribution in [2.45, 2.75) is 43.4 Å². The van der Waals surface area contributed by atoms with Gasteiger partial charge in [0.05, 0.1) is 33.0 Å². The lowest BCUT2D eigenvalue weighted by molar-refractivity contribution is -0.299. The van der Waals surface area contributed by atoms with Gasteiger partial charge in [0.25, 0.3) is 0 Å². The van der Waals surface area contributed by atoms with Crippen molar-refractivity contribution in [3.05, 3.63) is 108 Å². The standard InChI is InChI=1S/C29H34O7/c1-32-29(22-33-17-23-11-5-2-6-12-23)27(35-19-25-15-9-4-10-16-25)26(28(20-30,21-31)36-29)34-18-24-13-7-3-8-14-24/h2-16,26-27,30-31H,17-22H2,1H3/t26-,27+,29+/m0/s1. The van der Waals surface area contributed by atoms with E-state index in [2.05, 4.69) is 0 Å². The Hall–Kier alpha value is -2.62. The van der Waals surface area contributed by atoms with E-state index in [0.29, 0.717) is 6.61 Å². The predicted molar refractivity (Wildman–Crippen MR) is 134 cm³/mol. The van der Waals surface area contributed by atoms with Crippen LogP contribution >= 0.6 is 0 Å². The lowest BCUT2D eigenvalue weighted by Crippen LogP contribution is -2.52. The van der Waals surface area contributed by atoms with E-state index in [9.17, 15) is 10.2 Å². The predicted octanol–water partition coefficient (Wildman–Crippen LogP) is 3.47. The zero-order chi connectivity index (χ0) is 25.3.